The summed E-state index contributed by atoms with van der Waals surface area (Å²) in [6, 6.07) is 8.76. The summed E-state index contributed by atoms with van der Waals surface area (Å²) in [6.07, 6.45) is 3.97. The molecule has 3 rings (SSSR count). The third-order valence-corrected chi connectivity index (χ3v) is 3.68. The van der Waals surface area contributed by atoms with Crippen molar-refractivity contribution in [2.24, 2.45) is 5.92 Å². The second-order valence-electron chi connectivity index (χ2n) is 4.96. The van der Waals surface area contributed by atoms with E-state index in [2.05, 4.69) is 10.3 Å². The van der Waals surface area contributed by atoms with Crippen molar-refractivity contribution < 1.29 is 14.3 Å². The summed E-state index contributed by atoms with van der Waals surface area (Å²) < 4.78 is 11.0. The van der Waals surface area contributed by atoms with Crippen LogP contribution in [-0.4, -0.2) is 24.1 Å². The average molecular weight is 319 g/mol. The van der Waals surface area contributed by atoms with E-state index in [1.807, 2.05) is 0 Å². The van der Waals surface area contributed by atoms with Crippen LogP contribution in [0.2, 0.25) is 5.02 Å². The van der Waals surface area contributed by atoms with E-state index in [-0.39, 0.29) is 11.8 Å². The average Bonchev–Trinajstić information content (AvgIpc) is 3.06. The van der Waals surface area contributed by atoms with Gasteiger partial charge in [-0.3, -0.25) is 9.78 Å². The maximum Gasteiger partial charge on any atom is 0.230 e. The zero-order valence-electron chi connectivity index (χ0n) is 11.8. The fourth-order valence-corrected chi connectivity index (χ4v) is 2.43. The van der Waals surface area contributed by atoms with E-state index >= 15 is 0 Å². The Hall–Kier alpha value is -2.11. The Bertz CT molecular complexity index is 658. The molecule has 1 fully saturated rings. The molecule has 1 N–H and O–H groups in total. The Morgan fingerprint density at radius 2 is 2.27 bits per heavy atom. The number of rotatable bonds is 4. The summed E-state index contributed by atoms with van der Waals surface area (Å²) >= 11 is 6.20. The maximum atomic E-state index is 12.2. The first-order valence-corrected chi connectivity index (χ1v) is 7.37. The summed E-state index contributed by atoms with van der Waals surface area (Å²) in [5.74, 6) is 0.737. The third-order valence-electron chi connectivity index (χ3n) is 3.38. The van der Waals surface area contributed by atoms with Gasteiger partial charge in [-0.25, -0.2) is 0 Å². The summed E-state index contributed by atoms with van der Waals surface area (Å²) in [6.45, 7) is 1.07. The second kappa shape index (κ2) is 6.77. The van der Waals surface area contributed by atoms with Gasteiger partial charge in [-0.1, -0.05) is 17.7 Å². The third kappa shape index (κ3) is 3.37. The Morgan fingerprint density at radius 1 is 1.36 bits per heavy atom. The number of aromatic nitrogens is 1. The molecule has 0 radical (unpaired) electrons. The van der Waals surface area contributed by atoms with E-state index in [1.54, 1.807) is 42.7 Å². The van der Waals surface area contributed by atoms with Gasteiger partial charge in [0.1, 0.15) is 5.75 Å². The molecular weight excluding hydrogens is 304 g/mol. The highest BCUT2D eigenvalue weighted by molar-refractivity contribution is 6.32. The van der Waals surface area contributed by atoms with Gasteiger partial charge in [-0.05, 0) is 30.7 Å². The minimum Gasteiger partial charge on any atom is -0.452 e. The summed E-state index contributed by atoms with van der Waals surface area (Å²) in [7, 11) is 0. The van der Waals surface area contributed by atoms with E-state index in [9.17, 15) is 4.79 Å². The van der Waals surface area contributed by atoms with E-state index < -0.39 is 0 Å². The van der Waals surface area contributed by atoms with E-state index in [1.165, 1.54) is 0 Å². The van der Waals surface area contributed by atoms with Crippen LogP contribution in [0.4, 0.5) is 5.69 Å². The molecule has 0 saturated carbocycles. The number of carbonyl (C=O) groups excluding carboxylic acids is 1. The number of hydrogen-bond donors (Lipinski definition) is 1. The number of ether oxygens (including phenoxy) is 2. The lowest BCUT2D eigenvalue weighted by atomic mass is 10.1. The lowest BCUT2D eigenvalue weighted by Gasteiger charge is -2.15. The zero-order chi connectivity index (χ0) is 15.4. The van der Waals surface area contributed by atoms with Crippen molar-refractivity contribution in [3.05, 3.63) is 47.7 Å². The van der Waals surface area contributed by atoms with Gasteiger partial charge in [0.2, 0.25) is 5.91 Å². The molecule has 1 aromatic carbocycles. The summed E-state index contributed by atoms with van der Waals surface area (Å²) in [5.41, 5.74) is 0.535. The van der Waals surface area contributed by atoms with E-state index in [4.69, 9.17) is 21.1 Å². The molecule has 1 aliphatic heterocycles. The predicted octanol–water partition coefficient (Wildman–Crippen LogP) is 3.50. The topological polar surface area (TPSA) is 60.5 Å². The molecule has 1 saturated heterocycles. The molecule has 0 aliphatic carbocycles. The van der Waals surface area contributed by atoms with Crippen LogP contribution in [0.1, 0.15) is 6.42 Å². The van der Waals surface area contributed by atoms with Crippen LogP contribution < -0.4 is 10.1 Å². The Labute approximate surface area is 133 Å². The van der Waals surface area contributed by atoms with Gasteiger partial charge >= 0.3 is 0 Å². The van der Waals surface area contributed by atoms with Crippen LogP contribution in [0.5, 0.6) is 11.5 Å². The van der Waals surface area contributed by atoms with Gasteiger partial charge in [-0.15, -0.1) is 0 Å². The molecule has 6 heteroatoms. The largest absolute Gasteiger partial charge is 0.452 e. The molecule has 1 amide bonds. The normalized spacial score (nSPS) is 17.2. The molecule has 22 heavy (non-hydrogen) atoms. The van der Waals surface area contributed by atoms with E-state index in [0.29, 0.717) is 35.4 Å². The van der Waals surface area contributed by atoms with Crippen molar-refractivity contribution in [1.82, 2.24) is 4.98 Å². The van der Waals surface area contributed by atoms with Crippen LogP contribution in [-0.2, 0) is 9.53 Å². The van der Waals surface area contributed by atoms with Crippen LogP contribution >= 0.6 is 11.6 Å². The quantitative estimate of drug-likeness (QED) is 0.937. The summed E-state index contributed by atoms with van der Waals surface area (Å²) in [4.78, 5) is 16.2. The molecule has 1 aromatic heterocycles. The zero-order valence-corrected chi connectivity index (χ0v) is 12.5. The SMILES string of the molecule is O=C(Nc1cccc(Cl)c1Oc1cccnc1)C1CCOC1. The van der Waals surface area contributed by atoms with Crippen LogP contribution in [0.3, 0.4) is 0 Å². The number of benzene rings is 1. The van der Waals surface area contributed by atoms with Crippen molar-refractivity contribution in [2.45, 2.75) is 6.42 Å². The first-order valence-electron chi connectivity index (χ1n) is 6.99. The molecule has 114 valence electrons. The van der Waals surface area contributed by atoms with Gasteiger partial charge in [0, 0.05) is 12.8 Å². The molecule has 1 unspecified atom stereocenters. The molecule has 5 nitrogen and oxygen atoms in total. The first-order chi connectivity index (χ1) is 10.7. The highest BCUT2D eigenvalue weighted by atomic mass is 35.5. The van der Waals surface area contributed by atoms with Gasteiger partial charge < -0.3 is 14.8 Å². The molecule has 1 aliphatic rings. The first kappa shape index (κ1) is 14.8. The van der Waals surface area contributed by atoms with Gasteiger partial charge in [0.05, 0.1) is 29.4 Å². The molecule has 2 aromatic rings. The van der Waals surface area contributed by atoms with E-state index in [0.717, 1.165) is 6.42 Å². The van der Waals surface area contributed by atoms with Crippen molar-refractivity contribution in [3.8, 4) is 11.5 Å². The fraction of sp³-hybridized carbons (Fsp3) is 0.250. The molecule has 0 spiro atoms. The number of hydrogen-bond acceptors (Lipinski definition) is 4. The number of carbonyl (C=O) groups is 1. The minimum atomic E-state index is -0.134. The molecule has 1 atom stereocenters. The molecular formula is C16H15ClN2O3. The Balaban J connectivity index is 1.81. The smallest absolute Gasteiger partial charge is 0.230 e. The van der Waals surface area contributed by atoms with Crippen molar-refractivity contribution in [2.75, 3.05) is 18.5 Å². The van der Waals surface area contributed by atoms with Crippen molar-refractivity contribution >= 4 is 23.2 Å². The number of amides is 1. The predicted molar refractivity (Wildman–Crippen MR) is 83.3 cm³/mol. The standard InChI is InChI=1S/C16H15ClN2O3/c17-13-4-1-5-14(19-16(20)11-6-8-21-10-11)15(13)22-12-3-2-7-18-9-12/h1-5,7,9,11H,6,8,10H2,(H,19,20). The number of nitrogens with one attached hydrogen (secondary N) is 1. The monoisotopic (exact) mass is 318 g/mol. The molecule has 2 heterocycles. The molecule has 0 bridgehead atoms. The van der Waals surface area contributed by atoms with Gasteiger partial charge in [-0.2, -0.15) is 0 Å². The van der Waals surface area contributed by atoms with Crippen molar-refractivity contribution in [1.29, 1.82) is 0 Å². The maximum absolute atomic E-state index is 12.2. The highest BCUT2D eigenvalue weighted by Gasteiger charge is 2.24. The number of halogens is 1. The van der Waals surface area contributed by atoms with Gasteiger partial charge in [0.25, 0.3) is 0 Å². The number of pyridine rings is 1. The second-order valence-corrected chi connectivity index (χ2v) is 5.36. The lowest BCUT2D eigenvalue weighted by molar-refractivity contribution is -0.119. The Morgan fingerprint density at radius 3 is 3.00 bits per heavy atom. The number of para-hydroxylation sites is 1. The van der Waals surface area contributed by atoms with Crippen molar-refractivity contribution in [3.63, 3.8) is 0 Å². The minimum absolute atomic E-state index is 0.0872. The number of nitrogens with zero attached hydrogens (tertiary/aromatic N) is 1. The Kier molecular flexibility index (Phi) is 4.56. The summed E-state index contributed by atoms with van der Waals surface area (Å²) in [5, 5.41) is 3.29. The highest BCUT2D eigenvalue weighted by Crippen LogP contribution is 2.36. The van der Waals surface area contributed by atoms with Crippen LogP contribution in [0, 0.1) is 5.92 Å². The fourth-order valence-electron chi connectivity index (χ4n) is 2.21. The van der Waals surface area contributed by atoms with Crippen LogP contribution in [0.15, 0.2) is 42.7 Å². The number of anilines is 1. The van der Waals surface area contributed by atoms with Crippen LogP contribution in [0.25, 0.3) is 0 Å². The lowest BCUT2D eigenvalue weighted by Crippen LogP contribution is -2.23. The van der Waals surface area contributed by atoms with Gasteiger partial charge in [0.15, 0.2) is 5.75 Å².